The average molecular weight is 318 g/mol. The van der Waals surface area contributed by atoms with E-state index in [2.05, 4.69) is 32.3 Å². The van der Waals surface area contributed by atoms with E-state index >= 15 is 0 Å². The normalized spacial score (nSPS) is 31.4. The van der Waals surface area contributed by atoms with Gasteiger partial charge in [-0.2, -0.15) is 0 Å². The first-order valence-electron chi connectivity index (χ1n) is 6.80. The Labute approximate surface area is 130 Å². The molecule has 0 radical (unpaired) electrons. The van der Waals surface area contributed by atoms with Crippen LogP contribution in [0.5, 0.6) is 0 Å². The molecule has 4 atom stereocenters. The molecule has 1 N–H and O–H groups in total. The van der Waals surface area contributed by atoms with Crippen LogP contribution < -0.4 is 5.32 Å². The molecule has 0 amide bonds. The molecule has 2 rings (SSSR count). The fraction of sp³-hybridized carbons (Fsp3) is 0.600. The minimum atomic E-state index is 0.568. The molecule has 0 aliphatic heterocycles. The van der Waals surface area contributed by atoms with Crippen LogP contribution in [0, 0.1) is 11.8 Å². The van der Waals surface area contributed by atoms with Gasteiger partial charge < -0.3 is 5.32 Å². The predicted octanol–water partition coefficient (Wildman–Crippen LogP) is 5.11. The largest absolute Gasteiger partial charge is 0.316 e. The van der Waals surface area contributed by atoms with Crippen LogP contribution in [-0.4, -0.2) is 18.3 Å². The monoisotopic (exact) mass is 317 g/mol. The van der Waals surface area contributed by atoms with Gasteiger partial charge in [0.25, 0.3) is 0 Å². The molecule has 0 aromatic heterocycles. The number of nitrogens with one attached hydrogen (secondary N) is 1. The highest BCUT2D eigenvalue weighted by Crippen LogP contribution is 2.40. The SMILES string of the molecule is CNC1CC(C)CC(C)C1Sc1ccc(Cl)c(Cl)c1. The van der Waals surface area contributed by atoms with E-state index in [1.807, 2.05) is 23.9 Å². The summed E-state index contributed by atoms with van der Waals surface area (Å²) >= 11 is 14.0. The van der Waals surface area contributed by atoms with Crippen molar-refractivity contribution in [3.05, 3.63) is 28.2 Å². The summed E-state index contributed by atoms with van der Waals surface area (Å²) in [5.74, 6) is 1.51. The van der Waals surface area contributed by atoms with Gasteiger partial charge in [0.2, 0.25) is 0 Å². The van der Waals surface area contributed by atoms with Crippen molar-refractivity contribution in [2.45, 2.75) is 42.9 Å². The molecule has 1 aromatic rings. The molecule has 19 heavy (non-hydrogen) atoms. The van der Waals surface area contributed by atoms with Crippen LogP contribution in [0.1, 0.15) is 26.7 Å². The quantitative estimate of drug-likeness (QED) is 0.831. The standard InChI is InChI=1S/C15H21Cl2NS/c1-9-6-10(2)15(14(7-9)18-3)19-11-4-5-12(16)13(17)8-11/h4-5,8-10,14-15,18H,6-7H2,1-3H3. The number of halogens is 2. The summed E-state index contributed by atoms with van der Waals surface area (Å²) in [6.07, 6.45) is 2.55. The number of thioether (sulfide) groups is 1. The van der Waals surface area contributed by atoms with Gasteiger partial charge in [-0.1, -0.05) is 37.0 Å². The zero-order valence-corrected chi connectivity index (χ0v) is 13.9. The smallest absolute Gasteiger partial charge is 0.0603 e. The molecule has 1 saturated carbocycles. The molecule has 4 heteroatoms. The second kappa shape index (κ2) is 6.71. The van der Waals surface area contributed by atoms with Crippen LogP contribution in [-0.2, 0) is 0 Å². The highest BCUT2D eigenvalue weighted by molar-refractivity contribution is 8.00. The Morgan fingerprint density at radius 1 is 1.16 bits per heavy atom. The zero-order chi connectivity index (χ0) is 14.0. The van der Waals surface area contributed by atoms with Crippen LogP contribution in [0.2, 0.25) is 10.0 Å². The molecule has 0 heterocycles. The van der Waals surface area contributed by atoms with Gasteiger partial charge in [0.1, 0.15) is 0 Å². The third-order valence-electron chi connectivity index (χ3n) is 3.92. The van der Waals surface area contributed by atoms with Gasteiger partial charge in [-0.25, -0.2) is 0 Å². The van der Waals surface area contributed by atoms with E-state index in [9.17, 15) is 0 Å². The average Bonchev–Trinajstić information content (AvgIpc) is 2.36. The Kier molecular flexibility index (Phi) is 5.47. The Morgan fingerprint density at radius 3 is 2.53 bits per heavy atom. The summed E-state index contributed by atoms with van der Waals surface area (Å²) in [6, 6.07) is 6.50. The summed E-state index contributed by atoms with van der Waals surface area (Å²) in [7, 11) is 2.07. The zero-order valence-electron chi connectivity index (χ0n) is 11.6. The fourth-order valence-electron chi connectivity index (χ4n) is 3.02. The van der Waals surface area contributed by atoms with Gasteiger partial charge in [0, 0.05) is 16.2 Å². The lowest BCUT2D eigenvalue weighted by Gasteiger charge is -2.39. The summed E-state index contributed by atoms with van der Waals surface area (Å²) in [4.78, 5) is 1.21. The summed E-state index contributed by atoms with van der Waals surface area (Å²) in [5.41, 5.74) is 0. The van der Waals surface area contributed by atoms with Gasteiger partial charge in [0.05, 0.1) is 10.0 Å². The van der Waals surface area contributed by atoms with Crippen molar-refractivity contribution in [2.24, 2.45) is 11.8 Å². The van der Waals surface area contributed by atoms with E-state index in [0.717, 1.165) is 5.92 Å². The van der Waals surface area contributed by atoms with E-state index in [-0.39, 0.29) is 0 Å². The molecular formula is C15H21Cl2NS. The molecule has 106 valence electrons. The Balaban J connectivity index is 2.13. The number of hydrogen-bond donors (Lipinski definition) is 1. The molecule has 1 aliphatic rings. The highest BCUT2D eigenvalue weighted by Gasteiger charge is 2.33. The summed E-state index contributed by atoms with van der Waals surface area (Å²) in [5, 5.41) is 5.35. The molecule has 0 saturated heterocycles. The van der Waals surface area contributed by atoms with Crippen LogP contribution in [0.3, 0.4) is 0 Å². The van der Waals surface area contributed by atoms with E-state index in [1.165, 1.54) is 17.7 Å². The van der Waals surface area contributed by atoms with Crippen molar-refractivity contribution in [3.8, 4) is 0 Å². The van der Waals surface area contributed by atoms with E-state index in [1.54, 1.807) is 0 Å². The van der Waals surface area contributed by atoms with E-state index in [4.69, 9.17) is 23.2 Å². The highest BCUT2D eigenvalue weighted by atomic mass is 35.5. The lowest BCUT2D eigenvalue weighted by molar-refractivity contribution is 0.257. The maximum absolute atomic E-state index is 6.10. The van der Waals surface area contributed by atoms with Crippen molar-refractivity contribution >= 4 is 35.0 Å². The minimum absolute atomic E-state index is 0.568. The van der Waals surface area contributed by atoms with Crippen molar-refractivity contribution in [1.82, 2.24) is 5.32 Å². The predicted molar refractivity (Wildman–Crippen MR) is 86.5 cm³/mol. The Morgan fingerprint density at radius 2 is 1.89 bits per heavy atom. The number of benzene rings is 1. The molecule has 4 unspecified atom stereocenters. The number of hydrogen-bond acceptors (Lipinski definition) is 2. The minimum Gasteiger partial charge on any atom is -0.316 e. The second-order valence-electron chi connectivity index (χ2n) is 5.61. The summed E-state index contributed by atoms with van der Waals surface area (Å²) in [6.45, 7) is 4.70. The van der Waals surface area contributed by atoms with E-state index < -0.39 is 0 Å². The van der Waals surface area contributed by atoms with Gasteiger partial charge in [-0.15, -0.1) is 11.8 Å². The number of rotatable bonds is 3. The summed E-state index contributed by atoms with van der Waals surface area (Å²) < 4.78 is 0. The van der Waals surface area contributed by atoms with Gasteiger partial charge in [-0.3, -0.25) is 0 Å². The molecular weight excluding hydrogens is 297 g/mol. The molecule has 1 fully saturated rings. The van der Waals surface area contributed by atoms with Crippen LogP contribution in [0.25, 0.3) is 0 Å². The molecule has 0 bridgehead atoms. The van der Waals surface area contributed by atoms with Crippen molar-refractivity contribution in [2.75, 3.05) is 7.05 Å². The van der Waals surface area contributed by atoms with Gasteiger partial charge in [-0.05, 0) is 49.9 Å². The molecule has 1 nitrogen and oxygen atoms in total. The van der Waals surface area contributed by atoms with Gasteiger partial charge >= 0.3 is 0 Å². The first kappa shape index (κ1) is 15.5. The maximum atomic E-state index is 6.10. The van der Waals surface area contributed by atoms with Crippen LogP contribution >= 0.6 is 35.0 Å². The lowest BCUT2D eigenvalue weighted by Crippen LogP contribution is -2.44. The van der Waals surface area contributed by atoms with Crippen LogP contribution in [0.4, 0.5) is 0 Å². The third-order valence-corrected chi connectivity index (χ3v) is 6.25. The Hall–Kier alpha value is 0.110. The van der Waals surface area contributed by atoms with E-state index in [0.29, 0.717) is 27.3 Å². The van der Waals surface area contributed by atoms with Crippen molar-refractivity contribution in [1.29, 1.82) is 0 Å². The molecule has 1 aliphatic carbocycles. The maximum Gasteiger partial charge on any atom is 0.0603 e. The molecule has 1 aromatic carbocycles. The molecule has 0 spiro atoms. The lowest BCUT2D eigenvalue weighted by atomic mass is 9.80. The van der Waals surface area contributed by atoms with Crippen molar-refractivity contribution in [3.63, 3.8) is 0 Å². The topological polar surface area (TPSA) is 12.0 Å². The first-order chi connectivity index (χ1) is 9.01. The second-order valence-corrected chi connectivity index (χ2v) is 7.67. The fourth-order valence-corrected chi connectivity index (χ4v) is 4.78. The van der Waals surface area contributed by atoms with Gasteiger partial charge in [0.15, 0.2) is 0 Å². The Bertz CT molecular complexity index is 438. The van der Waals surface area contributed by atoms with Crippen LogP contribution in [0.15, 0.2) is 23.1 Å². The third kappa shape index (κ3) is 3.81. The van der Waals surface area contributed by atoms with Crippen molar-refractivity contribution < 1.29 is 0 Å². The first-order valence-corrected chi connectivity index (χ1v) is 8.43.